The Morgan fingerprint density at radius 1 is 1.09 bits per heavy atom. The van der Waals surface area contributed by atoms with Crippen molar-refractivity contribution in [1.29, 1.82) is 0 Å². The van der Waals surface area contributed by atoms with Gasteiger partial charge >= 0.3 is 0 Å². The molecule has 6 heteroatoms. The number of carbonyl (C=O) groups excluding carboxylic acids is 1. The molecule has 0 spiro atoms. The van der Waals surface area contributed by atoms with Gasteiger partial charge in [-0.25, -0.2) is 13.1 Å². The van der Waals surface area contributed by atoms with Crippen molar-refractivity contribution in [3.63, 3.8) is 0 Å². The lowest BCUT2D eigenvalue weighted by molar-refractivity contribution is -0.130. The van der Waals surface area contributed by atoms with E-state index in [1.165, 1.54) is 0 Å². The van der Waals surface area contributed by atoms with Crippen LogP contribution in [-0.4, -0.2) is 38.9 Å². The zero-order valence-electron chi connectivity index (χ0n) is 14.5. The molecule has 0 saturated heterocycles. The van der Waals surface area contributed by atoms with Crippen molar-refractivity contribution < 1.29 is 13.2 Å². The largest absolute Gasteiger partial charge is 0.342 e. The maximum Gasteiger partial charge on any atom is 0.241 e. The quantitative estimate of drug-likeness (QED) is 0.751. The fourth-order valence-electron chi connectivity index (χ4n) is 2.28. The van der Waals surface area contributed by atoms with E-state index < -0.39 is 10.0 Å². The molecule has 5 nitrogen and oxygen atoms in total. The van der Waals surface area contributed by atoms with Gasteiger partial charge in [0, 0.05) is 13.1 Å². The molecule has 0 aliphatic rings. The van der Waals surface area contributed by atoms with Crippen LogP contribution >= 0.6 is 0 Å². The molecule has 1 aromatic rings. The predicted octanol–water partition coefficient (Wildman–Crippen LogP) is 2.74. The second kappa shape index (κ2) is 9.03. The summed E-state index contributed by atoms with van der Waals surface area (Å²) in [6.07, 6.45) is 1.71. The van der Waals surface area contributed by atoms with Crippen molar-refractivity contribution in [1.82, 2.24) is 9.62 Å². The highest BCUT2D eigenvalue weighted by Crippen LogP contribution is 2.17. The molecule has 0 bridgehead atoms. The Balaban J connectivity index is 2.72. The van der Waals surface area contributed by atoms with Crippen molar-refractivity contribution >= 4 is 15.9 Å². The van der Waals surface area contributed by atoms with E-state index in [1.54, 1.807) is 17.0 Å². The summed E-state index contributed by atoms with van der Waals surface area (Å²) < 4.78 is 27.0. The molecule has 0 aliphatic carbocycles. The molecule has 1 aromatic carbocycles. The molecule has 0 saturated carbocycles. The molecule has 0 aliphatic heterocycles. The Bertz CT molecular complexity index is 589. The molecule has 0 fully saturated rings. The average Bonchev–Trinajstić information content (AvgIpc) is 2.52. The molecular weight excluding hydrogens is 312 g/mol. The van der Waals surface area contributed by atoms with Gasteiger partial charge < -0.3 is 4.90 Å². The summed E-state index contributed by atoms with van der Waals surface area (Å²) in [6.45, 7) is 9.20. The van der Waals surface area contributed by atoms with Gasteiger partial charge in [0.15, 0.2) is 0 Å². The summed E-state index contributed by atoms with van der Waals surface area (Å²) in [5, 5.41) is 0. The van der Waals surface area contributed by atoms with Crippen molar-refractivity contribution in [3.05, 3.63) is 29.8 Å². The Labute approximate surface area is 140 Å². The second-order valence-corrected chi connectivity index (χ2v) is 7.70. The van der Waals surface area contributed by atoms with E-state index in [4.69, 9.17) is 0 Å². The van der Waals surface area contributed by atoms with Gasteiger partial charge in [0.1, 0.15) is 0 Å². The van der Waals surface area contributed by atoms with E-state index in [9.17, 15) is 13.2 Å². The van der Waals surface area contributed by atoms with Gasteiger partial charge in [-0.2, -0.15) is 0 Å². The lowest BCUT2D eigenvalue weighted by Gasteiger charge is -2.21. The molecule has 1 N–H and O–H groups in total. The van der Waals surface area contributed by atoms with Crippen LogP contribution in [0.15, 0.2) is 29.2 Å². The van der Waals surface area contributed by atoms with Gasteiger partial charge in [-0.05, 0) is 36.5 Å². The minimum Gasteiger partial charge on any atom is -0.342 e. The Kier molecular flexibility index (Phi) is 7.72. The van der Waals surface area contributed by atoms with Crippen molar-refractivity contribution in [2.45, 2.75) is 51.3 Å². The molecule has 1 rings (SSSR count). The van der Waals surface area contributed by atoms with Gasteiger partial charge in [-0.3, -0.25) is 4.79 Å². The summed E-state index contributed by atoms with van der Waals surface area (Å²) in [6, 6.07) is 6.78. The zero-order valence-corrected chi connectivity index (χ0v) is 15.3. The third kappa shape index (κ3) is 5.95. The summed E-state index contributed by atoms with van der Waals surface area (Å²) >= 11 is 0. The van der Waals surface area contributed by atoms with Gasteiger partial charge in [-0.1, -0.05) is 39.8 Å². The lowest BCUT2D eigenvalue weighted by Crippen LogP contribution is -2.40. The van der Waals surface area contributed by atoms with Crippen molar-refractivity contribution in [3.8, 4) is 0 Å². The van der Waals surface area contributed by atoms with Crippen LogP contribution in [0.1, 0.15) is 52.0 Å². The van der Waals surface area contributed by atoms with Crippen LogP contribution in [0.25, 0.3) is 0 Å². The molecular formula is C17H28N2O3S. The topological polar surface area (TPSA) is 66.5 Å². The van der Waals surface area contributed by atoms with Crippen LogP contribution in [0.2, 0.25) is 0 Å². The zero-order chi connectivity index (χ0) is 17.5. The monoisotopic (exact) mass is 340 g/mol. The maximum absolute atomic E-state index is 12.3. The van der Waals surface area contributed by atoms with E-state index in [1.807, 2.05) is 26.0 Å². The Morgan fingerprint density at radius 2 is 1.61 bits per heavy atom. The smallest absolute Gasteiger partial charge is 0.241 e. The fraction of sp³-hybridized carbons (Fsp3) is 0.588. The van der Waals surface area contributed by atoms with Gasteiger partial charge in [0.05, 0.1) is 11.4 Å². The van der Waals surface area contributed by atoms with Gasteiger partial charge in [0.25, 0.3) is 0 Å². The minimum atomic E-state index is -3.66. The number of sulfonamides is 1. The predicted molar refractivity (Wildman–Crippen MR) is 92.9 cm³/mol. The summed E-state index contributed by atoms with van der Waals surface area (Å²) in [5.41, 5.74) is 1.08. The van der Waals surface area contributed by atoms with Crippen LogP contribution in [0.5, 0.6) is 0 Å². The number of hydrogen-bond acceptors (Lipinski definition) is 3. The number of nitrogens with one attached hydrogen (secondary N) is 1. The molecule has 23 heavy (non-hydrogen) atoms. The average molecular weight is 340 g/mol. The third-order valence-corrected chi connectivity index (χ3v) is 5.03. The first-order valence-electron chi connectivity index (χ1n) is 8.19. The summed E-state index contributed by atoms with van der Waals surface area (Å²) in [7, 11) is -3.66. The number of rotatable bonds is 9. The van der Waals surface area contributed by atoms with E-state index >= 15 is 0 Å². The van der Waals surface area contributed by atoms with Crippen LogP contribution < -0.4 is 4.72 Å². The highest BCUT2D eigenvalue weighted by atomic mass is 32.2. The van der Waals surface area contributed by atoms with E-state index in [-0.39, 0.29) is 17.3 Å². The molecule has 1 amide bonds. The van der Waals surface area contributed by atoms with Crippen LogP contribution in [0, 0.1) is 0 Å². The molecule has 0 aromatic heterocycles. The van der Waals surface area contributed by atoms with Crippen LogP contribution in [0.3, 0.4) is 0 Å². The summed E-state index contributed by atoms with van der Waals surface area (Å²) in [5.74, 6) is 0.161. The van der Waals surface area contributed by atoms with Gasteiger partial charge in [0.2, 0.25) is 15.9 Å². The van der Waals surface area contributed by atoms with Gasteiger partial charge in [-0.15, -0.1) is 0 Å². The number of hydrogen-bond donors (Lipinski definition) is 1. The molecule has 0 heterocycles. The first kappa shape index (κ1) is 19.6. The van der Waals surface area contributed by atoms with Crippen molar-refractivity contribution in [2.75, 3.05) is 19.6 Å². The standard InChI is InChI=1S/C17H28N2O3S/c1-5-11-19(12-6-2)17(20)13-18-23(21,22)16-9-7-15(8-10-16)14(3)4/h7-10,14,18H,5-6,11-13H2,1-4H3. The van der Waals surface area contributed by atoms with E-state index in [0.717, 1.165) is 18.4 Å². The number of nitrogens with zero attached hydrogens (tertiary/aromatic N) is 1. The number of benzene rings is 1. The molecule has 0 unspecified atom stereocenters. The second-order valence-electron chi connectivity index (χ2n) is 5.93. The number of amides is 1. The molecule has 0 atom stereocenters. The Hall–Kier alpha value is -1.40. The van der Waals surface area contributed by atoms with Crippen LogP contribution in [-0.2, 0) is 14.8 Å². The van der Waals surface area contributed by atoms with Crippen molar-refractivity contribution in [2.24, 2.45) is 0 Å². The lowest BCUT2D eigenvalue weighted by atomic mass is 10.0. The number of carbonyl (C=O) groups is 1. The highest BCUT2D eigenvalue weighted by Gasteiger charge is 2.18. The van der Waals surface area contributed by atoms with E-state index in [0.29, 0.717) is 19.0 Å². The maximum atomic E-state index is 12.3. The molecule has 0 radical (unpaired) electrons. The molecule has 130 valence electrons. The van der Waals surface area contributed by atoms with Crippen LogP contribution in [0.4, 0.5) is 0 Å². The fourth-order valence-corrected chi connectivity index (χ4v) is 3.26. The first-order valence-corrected chi connectivity index (χ1v) is 9.67. The minimum absolute atomic E-state index is 0.184. The normalized spacial score (nSPS) is 11.7. The SMILES string of the molecule is CCCN(CCC)C(=O)CNS(=O)(=O)c1ccc(C(C)C)cc1. The highest BCUT2D eigenvalue weighted by molar-refractivity contribution is 7.89. The third-order valence-electron chi connectivity index (χ3n) is 3.61. The summed E-state index contributed by atoms with van der Waals surface area (Å²) in [4.78, 5) is 14.0. The first-order chi connectivity index (χ1) is 10.8. The Morgan fingerprint density at radius 3 is 2.04 bits per heavy atom. The van der Waals surface area contributed by atoms with E-state index in [2.05, 4.69) is 18.6 Å².